The fraction of sp³-hybridized carbons (Fsp3) is 0.417. The third-order valence-electron chi connectivity index (χ3n) is 6.00. The Balaban J connectivity index is 1.15. The quantitative estimate of drug-likeness (QED) is 0.344. The fourth-order valence-corrected chi connectivity index (χ4v) is 4.09. The lowest BCUT2D eigenvalue weighted by Crippen LogP contribution is -2.48. The zero-order chi connectivity index (χ0) is 27.8. The van der Waals surface area contributed by atoms with Crippen LogP contribution in [0, 0.1) is 0 Å². The number of primary amides is 1. The van der Waals surface area contributed by atoms with E-state index in [9.17, 15) is 22.8 Å². The third-order valence-corrected chi connectivity index (χ3v) is 6.00. The molecule has 39 heavy (non-hydrogen) atoms. The predicted molar refractivity (Wildman–Crippen MR) is 134 cm³/mol. The number of unbranched alkanes of at least 4 members (excludes halogenated alkanes) is 1. The van der Waals surface area contributed by atoms with Crippen LogP contribution in [0.5, 0.6) is 5.75 Å². The number of carbonyl (C=O) groups is 2. The minimum Gasteiger partial charge on any atom is -0.406 e. The number of carbonyl (C=O) groups excluding carboxylic acids is 2. The normalized spacial score (nSPS) is 14.3. The molecule has 3 heterocycles. The summed E-state index contributed by atoms with van der Waals surface area (Å²) in [7, 11) is 0. The number of ether oxygens (including phenoxy) is 1. The van der Waals surface area contributed by atoms with Crippen LogP contribution in [0.4, 0.5) is 24.7 Å². The highest BCUT2D eigenvalue weighted by Crippen LogP contribution is 2.27. The van der Waals surface area contributed by atoms with E-state index in [1.165, 1.54) is 24.4 Å². The zero-order valence-electron chi connectivity index (χ0n) is 21.0. The van der Waals surface area contributed by atoms with Crippen molar-refractivity contribution in [3.8, 4) is 5.75 Å². The van der Waals surface area contributed by atoms with Gasteiger partial charge in [-0.15, -0.1) is 23.4 Å². The number of aryl methyl sites for hydroxylation is 2. The molecule has 0 bridgehead atoms. The topological polar surface area (TPSA) is 144 Å². The standard InChI is InChI=1S/C24H28F3N9O3/c25-24(26,27)39-19-6-3-5-18(14-19)35-12-10-34(11-13-35)16-22(37)29-21-8-7-17(30-32-21)4-1-2-9-36-15-20(23(28)38)31-33-36/h3,5-8,14-15H,1-2,4,9-13,16H2,(H2,28,38)(H,29,32,37). The molecule has 4 rings (SSSR count). The molecule has 0 saturated carbocycles. The molecule has 12 nitrogen and oxygen atoms in total. The van der Waals surface area contributed by atoms with Crippen LogP contribution in [0.25, 0.3) is 0 Å². The second-order valence-electron chi connectivity index (χ2n) is 8.95. The number of rotatable bonds is 11. The van der Waals surface area contributed by atoms with Gasteiger partial charge in [-0.3, -0.25) is 19.2 Å². The van der Waals surface area contributed by atoms with E-state index in [0.29, 0.717) is 50.6 Å². The molecular formula is C24H28F3N9O3. The van der Waals surface area contributed by atoms with Crippen molar-refractivity contribution >= 4 is 23.3 Å². The van der Waals surface area contributed by atoms with Crippen molar-refractivity contribution in [3.63, 3.8) is 0 Å². The highest BCUT2D eigenvalue weighted by molar-refractivity contribution is 5.91. The van der Waals surface area contributed by atoms with Gasteiger partial charge in [0.15, 0.2) is 11.5 Å². The molecule has 0 unspecified atom stereocenters. The number of nitrogens with one attached hydrogen (secondary N) is 1. The number of nitrogens with zero attached hydrogens (tertiary/aromatic N) is 7. The number of hydrogen-bond donors (Lipinski definition) is 2. The Kier molecular flexibility index (Phi) is 8.91. The second-order valence-corrected chi connectivity index (χ2v) is 8.95. The summed E-state index contributed by atoms with van der Waals surface area (Å²) in [4.78, 5) is 27.5. The van der Waals surface area contributed by atoms with Crippen LogP contribution < -0.4 is 20.7 Å². The van der Waals surface area contributed by atoms with Crippen molar-refractivity contribution in [1.82, 2.24) is 30.1 Å². The number of piperazine rings is 1. The summed E-state index contributed by atoms with van der Waals surface area (Å²) < 4.78 is 43.1. The van der Waals surface area contributed by atoms with Gasteiger partial charge < -0.3 is 20.7 Å². The smallest absolute Gasteiger partial charge is 0.406 e. The van der Waals surface area contributed by atoms with Crippen LogP contribution in [0.1, 0.15) is 29.0 Å². The van der Waals surface area contributed by atoms with Crippen LogP contribution >= 0.6 is 0 Å². The van der Waals surface area contributed by atoms with E-state index in [0.717, 1.165) is 18.5 Å². The average molecular weight is 548 g/mol. The maximum absolute atomic E-state index is 12.5. The maximum Gasteiger partial charge on any atom is 0.573 e. The van der Waals surface area contributed by atoms with Gasteiger partial charge >= 0.3 is 6.36 Å². The predicted octanol–water partition coefficient (Wildman–Crippen LogP) is 1.85. The lowest BCUT2D eigenvalue weighted by Gasteiger charge is -2.35. The van der Waals surface area contributed by atoms with Gasteiger partial charge in [0.2, 0.25) is 5.91 Å². The number of aromatic nitrogens is 5. The molecule has 0 aliphatic carbocycles. The van der Waals surface area contributed by atoms with Gasteiger partial charge in [0.25, 0.3) is 5.91 Å². The summed E-state index contributed by atoms with van der Waals surface area (Å²) in [6.45, 7) is 3.01. The first kappa shape index (κ1) is 27.8. The molecule has 0 radical (unpaired) electrons. The largest absolute Gasteiger partial charge is 0.573 e. The minimum absolute atomic E-state index is 0.130. The summed E-state index contributed by atoms with van der Waals surface area (Å²) in [5, 5.41) is 18.5. The first-order chi connectivity index (χ1) is 18.6. The first-order valence-electron chi connectivity index (χ1n) is 12.3. The van der Waals surface area contributed by atoms with Gasteiger partial charge in [-0.2, -0.15) is 5.10 Å². The molecule has 1 fully saturated rings. The van der Waals surface area contributed by atoms with Gasteiger partial charge in [0.05, 0.1) is 18.4 Å². The van der Waals surface area contributed by atoms with E-state index >= 15 is 0 Å². The maximum atomic E-state index is 12.5. The summed E-state index contributed by atoms with van der Waals surface area (Å²) in [6, 6.07) is 9.37. The van der Waals surface area contributed by atoms with Crippen molar-refractivity contribution in [2.75, 3.05) is 42.9 Å². The van der Waals surface area contributed by atoms with Crippen molar-refractivity contribution in [1.29, 1.82) is 0 Å². The highest BCUT2D eigenvalue weighted by atomic mass is 19.4. The van der Waals surface area contributed by atoms with Crippen molar-refractivity contribution in [2.24, 2.45) is 5.73 Å². The number of hydrogen-bond acceptors (Lipinski definition) is 9. The Labute approximate surface area is 221 Å². The minimum atomic E-state index is -4.74. The van der Waals surface area contributed by atoms with Crippen LogP contribution in [0.2, 0.25) is 0 Å². The summed E-state index contributed by atoms with van der Waals surface area (Å²) in [6.07, 6.45) is -0.933. The summed E-state index contributed by atoms with van der Waals surface area (Å²) >= 11 is 0. The molecule has 1 aliphatic heterocycles. The fourth-order valence-electron chi connectivity index (χ4n) is 4.09. The van der Waals surface area contributed by atoms with Gasteiger partial charge in [0.1, 0.15) is 5.75 Å². The molecule has 1 aromatic carbocycles. The SMILES string of the molecule is NC(=O)c1cn(CCCCc2ccc(NC(=O)CN3CCN(c4cccc(OC(F)(F)F)c4)CC3)nn2)nn1. The zero-order valence-corrected chi connectivity index (χ0v) is 21.0. The third kappa shape index (κ3) is 8.63. The monoisotopic (exact) mass is 547 g/mol. The van der Waals surface area contributed by atoms with E-state index in [-0.39, 0.29) is 23.9 Å². The van der Waals surface area contributed by atoms with Gasteiger partial charge in [-0.1, -0.05) is 11.3 Å². The lowest BCUT2D eigenvalue weighted by atomic mass is 10.2. The van der Waals surface area contributed by atoms with Crippen molar-refractivity contribution < 1.29 is 27.5 Å². The average Bonchev–Trinajstić information content (AvgIpc) is 3.37. The van der Waals surface area contributed by atoms with Crippen LogP contribution in [-0.2, 0) is 17.8 Å². The Hall–Kier alpha value is -4.27. The molecule has 15 heteroatoms. The molecular weight excluding hydrogens is 519 g/mol. The summed E-state index contributed by atoms with van der Waals surface area (Å²) in [5.74, 6) is -0.755. The Morgan fingerprint density at radius 2 is 1.82 bits per heavy atom. The number of nitrogens with two attached hydrogens (primary N) is 1. The van der Waals surface area contributed by atoms with Gasteiger partial charge in [-0.25, -0.2) is 0 Å². The van der Waals surface area contributed by atoms with Crippen LogP contribution in [0.15, 0.2) is 42.6 Å². The molecule has 0 spiro atoms. The van der Waals surface area contributed by atoms with E-state index in [2.05, 4.69) is 30.6 Å². The molecule has 3 aromatic rings. The van der Waals surface area contributed by atoms with E-state index in [4.69, 9.17) is 5.73 Å². The molecule has 1 aliphatic rings. The van der Waals surface area contributed by atoms with E-state index in [1.807, 2.05) is 9.80 Å². The molecule has 2 aromatic heterocycles. The molecule has 0 atom stereocenters. The van der Waals surface area contributed by atoms with Crippen LogP contribution in [0.3, 0.4) is 0 Å². The molecule has 3 N–H and O–H groups in total. The van der Waals surface area contributed by atoms with Crippen molar-refractivity contribution in [3.05, 3.63) is 54.0 Å². The Bertz CT molecular complexity index is 1260. The lowest BCUT2D eigenvalue weighted by molar-refractivity contribution is -0.274. The Morgan fingerprint density at radius 3 is 2.49 bits per heavy atom. The number of halogens is 3. The second kappa shape index (κ2) is 12.5. The number of anilines is 2. The number of benzene rings is 1. The van der Waals surface area contributed by atoms with Crippen molar-refractivity contribution in [2.45, 2.75) is 32.2 Å². The van der Waals surface area contributed by atoms with E-state index in [1.54, 1.807) is 22.9 Å². The highest BCUT2D eigenvalue weighted by Gasteiger charge is 2.31. The number of amides is 2. The molecule has 2 amide bonds. The summed E-state index contributed by atoms with van der Waals surface area (Å²) in [5.41, 5.74) is 6.70. The first-order valence-corrected chi connectivity index (χ1v) is 12.3. The molecule has 208 valence electrons. The van der Waals surface area contributed by atoms with Gasteiger partial charge in [0, 0.05) is 44.5 Å². The Morgan fingerprint density at radius 1 is 1.03 bits per heavy atom. The number of alkyl halides is 3. The van der Waals surface area contributed by atoms with E-state index < -0.39 is 12.3 Å². The van der Waals surface area contributed by atoms with Crippen LogP contribution in [-0.4, -0.2) is 81.0 Å². The molecule has 1 saturated heterocycles. The van der Waals surface area contributed by atoms with Gasteiger partial charge in [-0.05, 0) is 43.5 Å².